The minimum absolute atomic E-state index is 0.393. The molecule has 1 atom stereocenters. The van der Waals surface area contributed by atoms with Gasteiger partial charge in [-0.2, -0.15) is 0 Å². The van der Waals surface area contributed by atoms with Crippen LogP contribution in [0.1, 0.15) is 37.5 Å². The summed E-state index contributed by atoms with van der Waals surface area (Å²) in [7, 11) is 2.09. The highest BCUT2D eigenvalue weighted by molar-refractivity contribution is 5.37. The topological polar surface area (TPSA) is 42.7 Å². The van der Waals surface area contributed by atoms with Crippen LogP contribution in [0.4, 0.5) is 5.82 Å². The monoisotopic (exact) mass is 272 g/mol. The predicted octanol–water partition coefficient (Wildman–Crippen LogP) is 3.12. The molecule has 0 aliphatic heterocycles. The van der Waals surface area contributed by atoms with E-state index in [1.807, 2.05) is 13.0 Å². The van der Waals surface area contributed by atoms with Crippen molar-refractivity contribution in [2.24, 2.45) is 7.05 Å². The first-order valence-corrected chi connectivity index (χ1v) is 7.29. The Morgan fingerprint density at radius 2 is 2.15 bits per heavy atom. The predicted molar refractivity (Wildman–Crippen MR) is 83.0 cm³/mol. The first-order chi connectivity index (χ1) is 9.58. The maximum Gasteiger partial charge on any atom is 0.130 e. The van der Waals surface area contributed by atoms with Crippen molar-refractivity contribution in [2.45, 2.75) is 46.1 Å². The molecular weight excluding hydrogens is 248 g/mol. The minimum atomic E-state index is 0.393. The lowest BCUT2D eigenvalue weighted by Gasteiger charge is -2.15. The number of aromatic nitrogens is 3. The van der Waals surface area contributed by atoms with Crippen molar-refractivity contribution in [3.8, 4) is 0 Å². The molecule has 2 heterocycles. The van der Waals surface area contributed by atoms with Crippen LogP contribution in [0.2, 0.25) is 0 Å². The van der Waals surface area contributed by atoms with Crippen LogP contribution < -0.4 is 5.32 Å². The molecule has 2 aromatic heterocycles. The van der Waals surface area contributed by atoms with E-state index >= 15 is 0 Å². The number of nitrogens with one attached hydrogen (secondary N) is 1. The van der Waals surface area contributed by atoms with E-state index in [-0.39, 0.29) is 0 Å². The summed E-state index contributed by atoms with van der Waals surface area (Å²) in [6.45, 7) is 6.26. The zero-order chi connectivity index (χ0) is 14.5. The van der Waals surface area contributed by atoms with E-state index in [2.05, 4.69) is 59.1 Å². The molecule has 0 aliphatic rings. The molecule has 0 saturated heterocycles. The van der Waals surface area contributed by atoms with E-state index in [4.69, 9.17) is 0 Å². The second-order valence-corrected chi connectivity index (χ2v) is 5.34. The Balaban J connectivity index is 1.92. The largest absolute Gasteiger partial charge is 0.367 e. The second kappa shape index (κ2) is 6.55. The summed E-state index contributed by atoms with van der Waals surface area (Å²) in [5.74, 6) is 1.77. The van der Waals surface area contributed by atoms with Crippen LogP contribution in [-0.4, -0.2) is 20.6 Å². The summed E-state index contributed by atoms with van der Waals surface area (Å²) < 4.78 is 2.18. The van der Waals surface area contributed by atoms with Gasteiger partial charge in [-0.15, -0.1) is 0 Å². The van der Waals surface area contributed by atoms with Crippen molar-refractivity contribution in [1.82, 2.24) is 14.5 Å². The Hall–Kier alpha value is -1.84. The fourth-order valence-electron chi connectivity index (χ4n) is 2.33. The van der Waals surface area contributed by atoms with Gasteiger partial charge in [-0.25, -0.2) is 9.97 Å². The minimum Gasteiger partial charge on any atom is -0.367 e. The van der Waals surface area contributed by atoms with Gasteiger partial charge in [0.1, 0.15) is 11.6 Å². The van der Waals surface area contributed by atoms with Gasteiger partial charge in [0.05, 0.1) is 0 Å². The zero-order valence-electron chi connectivity index (χ0n) is 12.8. The lowest BCUT2D eigenvalue weighted by Crippen LogP contribution is -2.18. The molecule has 0 fully saturated rings. The zero-order valence-corrected chi connectivity index (χ0v) is 12.8. The summed E-state index contributed by atoms with van der Waals surface area (Å²) in [5, 5.41) is 3.48. The third kappa shape index (κ3) is 3.83. The van der Waals surface area contributed by atoms with Gasteiger partial charge in [-0.3, -0.25) is 0 Å². The van der Waals surface area contributed by atoms with Gasteiger partial charge in [0.2, 0.25) is 0 Å². The summed E-state index contributed by atoms with van der Waals surface area (Å²) in [6.07, 6.45) is 5.19. The standard InChI is InChI=1S/C16H24N4/c1-5-14-11-16(19-13(3)18-14)17-12(2)8-9-15-7-6-10-20(15)4/h6-7,10-12H,5,8-9H2,1-4H3,(H,17,18,19). The average Bonchev–Trinajstić information content (AvgIpc) is 2.81. The molecule has 4 nitrogen and oxygen atoms in total. The van der Waals surface area contributed by atoms with Crippen LogP contribution in [-0.2, 0) is 19.9 Å². The Morgan fingerprint density at radius 1 is 1.35 bits per heavy atom. The third-order valence-electron chi connectivity index (χ3n) is 3.53. The molecule has 0 aromatic carbocycles. The highest BCUT2D eigenvalue weighted by Crippen LogP contribution is 2.12. The first kappa shape index (κ1) is 14.6. The smallest absolute Gasteiger partial charge is 0.130 e. The molecule has 1 unspecified atom stereocenters. The van der Waals surface area contributed by atoms with E-state index in [1.54, 1.807) is 0 Å². The molecule has 20 heavy (non-hydrogen) atoms. The lowest BCUT2D eigenvalue weighted by atomic mass is 10.1. The fraction of sp³-hybridized carbons (Fsp3) is 0.500. The highest BCUT2D eigenvalue weighted by atomic mass is 15.0. The summed E-state index contributed by atoms with van der Waals surface area (Å²) >= 11 is 0. The third-order valence-corrected chi connectivity index (χ3v) is 3.53. The van der Waals surface area contributed by atoms with Gasteiger partial charge in [0.15, 0.2) is 0 Å². The van der Waals surface area contributed by atoms with Crippen LogP contribution in [0.15, 0.2) is 24.4 Å². The number of anilines is 1. The Bertz CT molecular complexity index is 559. The van der Waals surface area contributed by atoms with Crippen LogP contribution in [0.3, 0.4) is 0 Å². The van der Waals surface area contributed by atoms with E-state index in [1.165, 1.54) is 5.69 Å². The van der Waals surface area contributed by atoms with Crippen LogP contribution in [0, 0.1) is 6.92 Å². The average molecular weight is 272 g/mol. The number of hydrogen-bond acceptors (Lipinski definition) is 3. The van der Waals surface area contributed by atoms with Gasteiger partial charge in [0.25, 0.3) is 0 Å². The van der Waals surface area contributed by atoms with Crippen molar-refractivity contribution in [2.75, 3.05) is 5.32 Å². The normalized spacial score (nSPS) is 12.4. The molecule has 2 rings (SSSR count). The Morgan fingerprint density at radius 3 is 2.80 bits per heavy atom. The molecule has 0 radical (unpaired) electrons. The molecule has 0 amide bonds. The number of nitrogens with zero attached hydrogens (tertiary/aromatic N) is 3. The van der Waals surface area contributed by atoms with Crippen molar-refractivity contribution >= 4 is 5.82 Å². The van der Waals surface area contributed by atoms with Crippen molar-refractivity contribution in [3.05, 3.63) is 41.6 Å². The maximum absolute atomic E-state index is 4.46. The lowest BCUT2D eigenvalue weighted by molar-refractivity contribution is 0.672. The van der Waals surface area contributed by atoms with Crippen molar-refractivity contribution in [1.29, 1.82) is 0 Å². The quantitative estimate of drug-likeness (QED) is 0.878. The van der Waals surface area contributed by atoms with Gasteiger partial charge in [0, 0.05) is 36.7 Å². The number of rotatable bonds is 6. The van der Waals surface area contributed by atoms with Crippen molar-refractivity contribution < 1.29 is 0 Å². The molecule has 0 saturated carbocycles. The Kier molecular flexibility index (Phi) is 4.77. The van der Waals surface area contributed by atoms with E-state index in [0.717, 1.165) is 36.6 Å². The summed E-state index contributed by atoms with van der Waals surface area (Å²) in [5.41, 5.74) is 2.46. The van der Waals surface area contributed by atoms with Gasteiger partial charge < -0.3 is 9.88 Å². The molecule has 108 valence electrons. The van der Waals surface area contributed by atoms with E-state index < -0.39 is 0 Å². The molecule has 1 N–H and O–H groups in total. The van der Waals surface area contributed by atoms with E-state index in [9.17, 15) is 0 Å². The molecule has 0 bridgehead atoms. The molecule has 2 aromatic rings. The van der Waals surface area contributed by atoms with Crippen LogP contribution in [0.25, 0.3) is 0 Å². The molecular formula is C16H24N4. The first-order valence-electron chi connectivity index (χ1n) is 7.29. The number of hydrogen-bond donors (Lipinski definition) is 1. The molecule has 0 aliphatic carbocycles. The SMILES string of the molecule is CCc1cc(NC(C)CCc2cccn2C)nc(C)n1. The maximum atomic E-state index is 4.46. The highest BCUT2D eigenvalue weighted by Gasteiger charge is 2.07. The van der Waals surface area contributed by atoms with Crippen LogP contribution >= 0.6 is 0 Å². The fourth-order valence-corrected chi connectivity index (χ4v) is 2.33. The number of aryl methyl sites for hydroxylation is 4. The molecule has 0 spiro atoms. The van der Waals surface area contributed by atoms with Gasteiger partial charge >= 0.3 is 0 Å². The van der Waals surface area contributed by atoms with Gasteiger partial charge in [-0.1, -0.05) is 6.92 Å². The summed E-state index contributed by atoms with van der Waals surface area (Å²) in [4.78, 5) is 8.86. The van der Waals surface area contributed by atoms with E-state index in [0.29, 0.717) is 6.04 Å². The second-order valence-electron chi connectivity index (χ2n) is 5.34. The van der Waals surface area contributed by atoms with Gasteiger partial charge in [-0.05, 0) is 45.2 Å². The van der Waals surface area contributed by atoms with Crippen LogP contribution in [0.5, 0.6) is 0 Å². The summed E-state index contributed by atoms with van der Waals surface area (Å²) in [6, 6.07) is 6.71. The molecule has 4 heteroatoms. The Labute approximate surface area is 121 Å². The van der Waals surface area contributed by atoms with Crippen molar-refractivity contribution in [3.63, 3.8) is 0 Å².